The van der Waals surface area contributed by atoms with Crippen LogP contribution in [0.3, 0.4) is 0 Å². The van der Waals surface area contributed by atoms with Crippen LogP contribution in [-0.4, -0.2) is 17.2 Å². The molecule has 2 aromatic rings. The van der Waals surface area contributed by atoms with Gasteiger partial charge in [0.05, 0.1) is 11.1 Å². The molecule has 1 aromatic heterocycles. The molecular formula is C14H14N2O2S. The third-order valence-corrected chi connectivity index (χ3v) is 3.51. The molecule has 19 heavy (non-hydrogen) atoms. The highest BCUT2D eigenvalue weighted by Crippen LogP contribution is 2.21. The first-order valence-electron chi connectivity index (χ1n) is 5.75. The normalized spacial score (nSPS) is 10.8. The van der Waals surface area contributed by atoms with Gasteiger partial charge in [-0.05, 0) is 54.1 Å². The molecular weight excluding hydrogens is 260 g/mol. The number of phenols is 1. The molecule has 0 fully saturated rings. The number of nitrogens with zero attached hydrogens (tertiary/aromatic N) is 1. The Morgan fingerprint density at radius 1 is 1.37 bits per heavy atom. The maximum Gasteiger partial charge on any atom is 0.281 e. The predicted molar refractivity (Wildman–Crippen MR) is 77.0 cm³/mol. The van der Waals surface area contributed by atoms with Crippen LogP contribution in [0.25, 0.3) is 0 Å². The molecule has 0 saturated carbocycles. The summed E-state index contributed by atoms with van der Waals surface area (Å²) in [5, 5.41) is 15.4. The Kier molecular flexibility index (Phi) is 3.97. The highest BCUT2D eigenvalue weighted by molar-refractivity contribution is 7.12. The number of benzene rings is 1. The lowest BCUT2D eigenvalue weighted by molar-refractivity contribution is 0.0959. The zero-order valence-electron chi connectivity index (χ0n) is 10.7. The molecule has 0 aliphatic rings. The molecule has 1 aromatic carbocycles. The summed E-state index contributed by atoms with van der Waals surface area (Å²) in [5.74, 6) is 0.0678. The number of hydrazone groups is 1. The van der Waals surface area contributed by atoms with Crippen LogP contribution in [0, 0.1) is 13.8 Å². The number of phenolic OH excluding ortho intramolecular Hbond substituents is 1. The second-order valence-electron chi connectivity index (χ2n) is 4.18. The van der Waals surface area contributed by atoms with Crippen molar-refractivity contribution in [3.63, 3.8) is 0 Å². The number of carbonyl (C=O) groups is 1. The predicted octanol–water partition coefficient (Wildman–Crippen LogP) is 2.83. The molecule has 0 saturated heterocycles. The number of amides is 1. The second-order valence-corrected chi connectivity index (χ2v) is 5.13. The summed E-state index contributed by atoms with van der Waals surface area (Å²) < 4.78 is 0. The van der Waals surface area contributed by atoms with Gasteiger partial charge in [0.1, 0.15) is 5.75 Å². The highest BCUT2D eigenvalue weighted by atomic mass is 32.1. The maximum atomic E-state index is 11.6. The Hall–Kier alpha value is -2.14. The molecule has 0 aliphatic heterocycles. The summed E-state index contributed by atoms with van der Waals surface area (Å²) in [6.45, 7) is 3.65. The van der Waals surface area contributed by atoms with Gasteiger partial charge in [-0.25, -0.2) is 5.43 Å². The number of nitrogens with one attached hydrogen (secondary N) is 1. The monoisotopic (exact) mass is 274 g/mol. The van der Waals surface area contributed by atoms with E-state index < -0.39 is 0 Å². The lowest BCUT2D eigenvalue weighted by Gasteiger charge is -2.04. The summed E-state index contributed by atoms with van der Waals surface area (Å²) in [7, 11) is 0. The first kappa shape index (κ1) is 13.3. The summed E-state index contributed by atoms with van der Waals surface area (Å²) >= 11 is 1.37. The van der Waals surface area contributed by atoms with Gasteiger partial charge in [-0.3, -0.25) is 4.79 Å². The van der Waals surface area contributed by atoms with E-state index in [1.54, 1.807) is 12.3 Å². The van der Waals surface area contributed by atoms with Crippen LogP contribution >= 0.6 is 11.3 Å². The SMILES string of the molecule is Cc1cc(/C=N/NC(=O)c2cccs2)cc(C)c1O. The number of hydrogen-bond acceptors (Lipinski definition) is 4. The quantitative estimate of drug-likeness (QED) is 0.668. The Morgan fingerprint density at radius 2 is 2.05 bits per heavy atom. The van der Waals surface area contributed by atoms with Crippen molar-refractivity contribution in [2.45, 2.75) is 13.8 Å². The van der Waals surface area contributed by atoms with E-state index in [-0.39, 0.29) is 5.91 Å². The van der Waals surface area contributed by atoms with Gasteiger partial charge in [-0.2, -0.15) is 5.10 Å². The molecule has 1 heterocycles. The van der Waals surface area contributed by atoms with E-state index >= 15 is 0 Å². The molecule has 0 atom stereocenters. The molecule has 4 nitrogen and oxygen atoms in total. The lowest BCUT2D eigenvalue weighted by Crippen LogP contribution is -2.16. The van der Waals surface area contributed by atoms with Crippen molar-refractivity contribution in [1.82, 2.24) is 5.43 Å². The first-order valence-corrected chi connectivity index (χ1v) is 6.63. The zero-order chi connectivity index (χ0) is 13.8. The number of aromatic hydroxyl groups is 1. The van der Waals surface area contributed by atoms with E-state index in [1.165, 1.54) is 11.3 Å². The number of carbonyl (C=O) groups excluding carboxylic acids is 1. The molecule has 5 heteroatoms. The van der Waals surface area contributed by atoms with Crippen LogP contribution < -0.4 is 5.43 Å². The minimum atomic E-state index is -0.224. The first-order chi connectivity index (χ1) is 9.08. The third-order valence-electron chi connectivity index (χ3n) is 2.64. The molecule has 0 bridgehead atoms. The Labute approximate surface area is 115 Å². The van der Waals surface area contributed by atoms with Crippen molar-refractivity contribution in [2.75, 3.05) is 0 Å². The Bertz CT molecular complexity index is 595. The van der Waals surface area contributed by atoms with Crippen LogP contribution in [0.5, 0.6) is 5.75 Å². The number of thiophene rings is 1. The summed E-state index contributed by atoms with van der Waals surface area (Å²) in [5.41, 5.74) is 4.86. The largest absolute Gasteiger partial charge is 0.507 e. The standard InChI is InChI=1S/C14H14N2O2S/c1-9-6-11(7-10(2)13(9)17)8-15-16-14(18)12-4-3-5-19-12/h3-8,17H,1-2H3,(H,16,18)/b15-8+. The molecule has 98 valence electrons. The molecule has 2 rings (SSSR count). The van der Waals surface area contributed by atoms with Gasteiger partial charge in [-0.15, -0.1) is 11.3 Å². The topological polar surface area (TPSA) is 61.7 Å². The smallest absolute Gasteiger partial charge is 0.281 e. The zero-order valence-corrected chi connectivity index (χ0v) is 11.5. The van der Waals surface area contributed by atoms with E-state index in [0.717, 1.165) is 16.7 Å². The van der Waals surface area contributed by atoms with Gasteiger partial charge in [-0.1, -0.05) is 6.07 Å². The van der Waals surface area contributed by atoms with E-state index in [4.69, 9.17) is 0 Å². The molecule has 0 spiro atoms. The van der Waals surface area contributed by atoms with Gasteiger partial charge >= 0.3 is 0 Å². The lowest BCUT2D eigenvalue weighted by atomic mass is 10.1. The van der Waals surface area contributed by atoms with Gasteiger partial charge in [0.25, 0.3) is 5.91 Å². The Morgan fingerprint density at radius 3 is 2.63 bits per heavy atom. The third kappa shape index (κ3) is 3.20. The van der Waals surface area contributed by atoms with Gasteiger partial charge in [0.15, 0.2) is 0 Å². The van der Waals surface area contributed by atoms with Crippen molar-refractivity contribution in [1.29, 1.82) is 0 Å². The van der Waals surface area contributed by atoms with E-state index in [1.807, 2.05) is 37.4 Å². The summed E-state index contributed by atoms with van der Waals surface area (Å²) in [6, 6.07) is 7.17. The van der Waals surface area contributed by atoms with Crippen molar-refractivity contribution < 1.29 is 9.90 Å². The van der Waals surface area contributed by atoms with Gasteiger partial charge in [0, 0.05) is 0 Å². The minimum absolute atomic E-state index is 0.224. The molecule has 2 N–H and O–H groups in total. The van der Waals surface area contributed by atoms with Gasteiger partial charge < -0.3 is 5.11 Å². The number of aryl methyl sites for hydroxylation is 2. The summed E-state index contributed by atoms with van der Waals surface area (Å²) in [4.78, 5) is 12.3. The van der Waals surface area contributed by atoms with Crippen molar-refractivity contribution in [3.8, 4) is 5.75 Å². The maximum absolute atomic E-state index is 11.6. The van der Waals surface area contributed by atoms with Gasteiger partial charge in [0.2, 0.25) is 0 Å². The Balaban J connectivity index is 2.05. The fourth-order valence-corrected chi connectivity index (χ4v) is 2.31. The van der Waals surface area contributed by atoms with Crippen LogP contribution in [0.4, 0.5) is 0 Å². The molecule has 0 aliphatic carbocycles. The van der Waals surface area contributed by atoms with E-state index in [2.05, 4.69) is 10.5 Å². The molecule has 1 amide bonds. The minimum Gasteiger partial charge on any atom is -0.507 e. The highest BCUT2D eigenvalue weighted by Gasteiger charge is 2.04. The molecule has 0 unspecified atom stereocenters. The van der Waals surface area contributed by atoms with Crippen LogP contribution in [-0.2, 0) is 0 Å². The number of rotatable bonds is 3. The van der Waals surface area contributed by atoms with Crippen molar-refractivity contribution >= 4 is 23.5 Å². The number of hydrogen-bond donors (Lipinski definition) is 2. The second kappa shape index (κ2) is 5.67. The van der Waals surface area contributed by atoms with Crippen molar-refractivity contribution in [3.05, 3.63) is 51.2 Å². The van der Waals surface area contributed by atoms with Crippen LogP contribution in [0.2, 0.25) is 0 Å². The van der Waals surface area contributed by atoms with Crippen LogP contribution in [0.15, 0.2) is 34.7 Å². The van der Waals surface area contributed by atoms with Crippen LogP contribution in [0.1, 0.15) is 26.4 Å². The van der Waals surface area contributed by atoms with Crippen molar-refractivity contribution in [2.24, 2.45) is 5.10 Å². The fourth-order valence-electron chi connectivity index (χ4n) is 1.69. The summed E-state index contributed by atoms with van der Waals surface area (Å²) in [6.07, 6.45) is 1.56. The molecule has 0 radical (unpaired) electrons. The average Bonchev–Trinajstić information content (AvgIpc) is 2.89. The fraction of sp³-hybridized carbons (Fsp3) is 0.143. The van der Waals surface area contributed by atoms with E-state index in [0.29, 0.717) is 10.6 Å². The van der Waals surface area contributed by atoms with E-state index in [9.17, 15) is 9.90 Å². The average molecular weight is 274 g/mol.